The number of likely N-dealkylation sites (N-methyl/N-ethyl adjacent to an activating group) is 1. The summed E-state index contributed by atoms with van der Waals surface area (Å²) in [5.41, 5.74) is 5.41. The third-order valence-electron chi connectivity index (χ3n) is 2.18. The number of hydrogen-bond acceptors (Lipinski definition) is 5. The smallest absolute Gasteiger partial charge is 0.244 e. The Hall–Kier alpha value is -1.57. The SMILES string of the molecule is CN(CCS(C)(=O)=O)C(=O)Cn1ccc(N)n1. The number of aromatic nitrogens is 2. The van der Waals surface area contributed by atoms with Gasteiger partial charge in [-0.25, -0.2) is 8.42 Å². The van der Waals surface area contributed by atoms with Gasteiger partial charge in [0.1, 0.15) is 22.2 Å². The summed E-state index contributed by atoms with van der Waals surface area (Å²) in [4.78, 5) is 13.0. The maximum absolute atomic E-state index is 11.7. The molecule has 7 nitrogen and oxygen atoms in total. The standard InChI is InChI=1S/C9H16N4O3S/c1-12(5-6-17(2,15)16)9(14)7-13-4-3-8(10)11-13/h3-4H,5-7H2,1-2H3,(H2,10,11). The van der Waals surface area contributed by atoms with Crippen molar-refractivity contribution < 1.29 is 13.2 Å². The zero-order valence-corrected chi connectivity index (χ0v) is 10.6. The fourth-order valence-electron chi connectivity index (χ4n) is 1.15. The Bertz CT molecular complexity index is 494. The molecule has 96 valence electrons. The van der Waals surface area contributed by atoms with Crippen LogP contribution in [0.1, 0.15) is 0 Å². The van der Waals surface area contributed by atoms with Gasteiger partial charge in [-0.1, -0.05) is 0 Å². The number of hydrogen-bond donors (Lipinski definition) is 1. The van der Waals surface area contributed by atoms with E-state index < -0.39 is 9.84 Å². The molecule has 8 heteroatoms. The molecular weight excluding hydrogens is 244 g/mol. The fraction of sp³-hybridized carbons (Fsp3) is 0.556. The molecule has 1 heterocycles. The number of sulfone groups is 1. The Morgan fingerprint density at radius 3 is 2.71 bits per heavy atom. The van der Waals surface area contributed by atoms with Gasteiger partial charge in [0.15, 0.2) is 0 Å². The highest BCUT2D eigenvalue weighted by molar-refractivity contribution is 7.90. The Morgan fingerprint density at radius 1 is 1.59 bits per heavy atom. The average Bonchev–Trinajstić information content (AvgIpc) is 2.59. The van der Waals surface area contributed by atoms with E-state index >= 15 is 0 Å². The minimum absolute atomic E-state index is 0.0452. The molecule has 0 aliphatic rings. The molecule has 0 bridgehead atoms. The summed E-state index contributed by atoms with van der Waals surface area (Å²) in [6, 6.07) is 1.59. The Balaban J connectivity index is 2.47. The largest absolute Gasteiger partial charge is 0.382 e. The number of rotatable bonds is 5. The molecule has 0 aliphatic heterocycles. The topological polar surface area (TPSA) is 98.3 Å². The van der Waals surface area contributed by atoms with Gasteiger partial charge in [0, 0.05) is 26.0 Å². The Labute approximate surface area is 100 Å². The van der Waals surface area contributed by atoms with Gasteiger partial charge in [-0.2, -0.15) is 5.10 Å². The highest BCUT2D eigenvalue weighted by Crippen LogP contribution is 1.97. The summed E-state index contributed by atoms with van der Waals surface area (Å²) in [5.74, 6) is 0.0876. The van der Waals surface area contributed by atoms with Crippen LogP contribution in [0.25, 0.3) is 0 Å². The second-order valence-electron chi connectivity index (χ2n) is 3.88. The molecule has 0 radical (unpaired) electrons. The molecule has 0 unspecified atom stereocenters. The summed E-state index contributed by atoms with van der Waals surface area (Å²) >= 11 is 0. The Morgan fingerprint density at radius 2 is 2.24 bits per heavy atom. The van der Waals surface area contributed by atoms with Gasteiger partial charge in [-0.15, -0.1) is 0 Å². The maximum atomic E-state index is 11.7. The first kappa shape index (κ1) is 13.5. The summed E-state index contributed by atoms with van der Waals surface area (Å²) in [5, 5.41) is 3.87. The number of carbonyl (C=O) groups excluding carboxylic acids is 1. The molecule has 1 aromatic rings. The van der Waals surface area contributed by atoms with Crippen molar-refractivity contribution in [3.63, 3.8) is 0 Å². The van der Waals surface area contributed by atoms with Crippen LogP contribution in [0.15, 0.2) is 12.3 Å². The van der Waals surface area contributed by atoms with Crippen molar-refractivity contribution in [2.75, 3.05) is 31.3 Å². The van der Waals surface area contributed by atoms with Crippen molar-refractivity contribution in [2.24, 2.45) is 0 Å². The van der Waals surface area contributed by atoms with Crippen LogP contribution in [0, 0.1) is 0 Å². The van der Waals surface area contributed by atoms with E-state index in [0.29, 0.717) is 5.82 Å². The number of anilines is 1. The molecule has 1 aromatic heterocycles. The van der Waals surface area contributed by atoms with Crippen molar-refractivity contribution in [2.45, 2.75) is 6.54 Å². The van der Waals surface area contributed by atoms with Crippen LogP contribution < -0.4 is 5.73 Å². The molecule has 17 heavy (non-hydrogen) atoms. The second-order valence-corrected chi connectivity index (χ2v) is 6.14. The quantitative estimate of drug-likeness (QED) is 0.729. The molecule has 0 spiro atoms. The summed E-state index contributed by atoms with van der Waals surface area (Å²) in [6.07, 6.45) is 2.73. The zero-order valence-electron chi connectivity index (χ0n) is 9.83. The van der Waals surface area contributed by atoms with E-state index in [0.717, 1.165) is 6.26 Å². The molecule has 0 saturated carbocycles. The van der Waals surface area contributed by atoms with Gasteiger partial charge in [-0.3, -0.25) is 9.48 Å². The first-order chi connectivity index (χ1) is 7.78. The summed E-state index contributed by atoms with van der Waals surface area (Å²) < 4.78 is 23.3. The van der Waals surface area contributed by atoms with Crippen molar-refractivity contribution in [3.8, 4) is 0 Å². The van der Waals surface area contributed by atoms with E-state index in [1.165, 1.54) is 9.58 Å². The monoisotopic (exact) mass is 260 g/mol. The first-order valence-corrected chi connectivity index (χ1v) is 7.04. The summed E-state index contributed by atoms with van der Waals surface area (Å²) in [6.45, 7) is 0.228. The molecule has 0 atom stereocenters. The van der Waals surface area contributed by atoms with Gasteiger partial charge in [0.05, 0.1) is 5.75 Å². The predicted molar refractivity (Wildman–Crippen MR) is 64.0 cm³/mol. The number of amides is 1. The number of nitrogens with zero attached hydrogens (tertiary/aromatic N) is 3. The lowest BCUT2D eigenvalue weighted by Crippen LogP contribution is -2.34. The van der Waals surface area contributed by atoms with E-state index in [1.807, 2.05) is 0 Å². The lowest BCUT2D eigenvalue weighted by molar-refractivity contribution is -0.130. The number of nitrogens with two attached hydrogens (primary N) is 1. The zero-order chi connectivity index (χ0) is 13.1. The fourth-order valence-corrected chi connectivity index (χ4v) is 1.76. The van der Waals surface area contributed by atoms with Crippen molar-refractivity contribution in [1.82, 2.24) is 14.7 Å². The van der Waals surface area contributed by atoms with Gasteiger partial charge in [-0.05, 0) is 6.07 Å². The van der Waals surface area contributed by atoms with Crippen molar-refractivity contribution in [3.05, 3.63) is 12.3 Å². The van der Waals surface area contributed by atoms with Crippen LogP contribution >= 0.6 is 0 Å². The molecule has 0 aliphatic carbocycles. The third kappa shape index (κ3) is 4.85. The van der Waals surface area contributed by atoms with E-state index in [-0.39, 0.29) is 24.7 Å². The van der Waals surface area contributed by atoms with Crippen LogP contribution in [0.2, 0.25) is 0 Å². The lowest BCUT2D eigenvalue weighted by Gasteiger charge is -2.16. The molecule has 0 aromatic carbocycles. The van der Waals surface area contributed by atoms with Crippen LogP contribution in [-0.2, 0) is 21.2 Å². The number of carbonyl (C=O) groups is 1. The van der Waals surface area contributed by atoms with Crippen LogP contribution in [-0.4, -0.2) is 54.6 Å². The van der Waals surface area contributed by atoms with E-state index in [2.05, 4.69) is 5.10 Å². The predicted octanol–water partition coefficient (Wildman–Crippen LogP) is -1.03. The summed E-state index contributed by atoms with van der Waals surface area (Å²) in [7, 11) is -1.50. The Kier molecular flexibility index (Phi) is 4.11. The van der Waals surface area contributed by atoms with E-state index in [9.17, 15) is 13.2 Å². The van der Waals surface area contributed by atoms with Crippen LogP contribution in [0.5, 0.6) is 0 Å². The molecule has 1 rings (SSSR count). The second kappa shape index (κ2) is 5.17. The molecule has 0 saturated heterocycles. The van der Waals surface area contributed by atoms with E-state index in [4.69, 9.17) is 5.73 Å². The molecular formula is C9H16N4O3S. The van der Waals surface area contributed by atoms with E-state index in [1.54, 1.807) is 19.3 Å². The minimum Gasteiger partial charge on any atom is -0.382 e. The van der Waals surface area contributed by atoms with Gasteiger partial charge in [0.25, 0.3) is 0 Å². The van der Waals surface area contributed by atoms with Crippen molar-refractivity contribution >= 4 is 21.6 Å². The molecule has 2 N–H and O–H groups in total. The van der Waals surface area contributed by atoms with Gasteiger partial charge >= 0.3 is 0 Å². The van der Waals surface area contributed by atoms with Gasteiger partial charge in [0.2, 0.25) is 5.91 Å². The lowest BCUT2D eigenvalue weighted by atomic mass is 10.5. The maximum Gasteiger partial charge on any atom is 0.244 e. The average molecular weight is 260 g/mol. The highest BCUT2D eigenvalue weighted by Gasteiger charge is 2.12. The van der Waals surface area contributed by atoms with Crippen molar-refractivity contribution in [1.29, 1.82) is 0 Å². The highest BCUT2D eigenvalue weighted by atomic mass is 32.2. The van der Waals surface area contributed by atoms with Crippen LogP contribution in [0.4, 0.5) is 5.82 Å². The van der Waals surface area contributed by atoms with Gasteiger partial charge < -0.3 is 10.6 Å². The molecule has 0 fully saturated rings. The third-order valence-corrected chi connectivity index (χ3v) is 3.11. The first-order valence-electron chi connectivity index (χ1n) is 4.98. The minimum atomic E-state index is -3.06. The van der Waals surface area contributed by atoms with Crippen LogP contribution in [0.3, 0.4) is 0 Å². The molecule has 1 amide bonds. The normalized spacial score (nSPS) is 11.4. The number of nitrogen functional groups attached to an aromatic ring is 1.